The molecule has 2 N–H and O–H groups in total. The first-order valence-corrected chi connectivity index (χ1v) is 12.2. The second-order valence-electron chi connectivity index (χ2n) is 9.07. The molecule has 4 rings (SSSR count). The van der Waals surface area contributed by atoms with Crippen LogP contribution < -0.4 is 10.2 Å². The number of benzene rings is 1. The number of carboxylic acids is 1. The number of piperidine rings is 1. The van der Waals surface area contributed by atoms with Crippen molar-refractivity contribution in [2.45, 2.75) is 39.0 Å². The average molecular weight is 468 g/mol. The fraction of sp³-hybridized carbons (Fsp3) is 0.520. The predicted molar refractivity (Wildman–Crippen MR) is 131 cm³/mol. The summed E-state index contributed by atoms with van der Waals surface area (Å²) >= 11 is 0. The minimum absolute atomic E-state index is 0.0973. The molecule has 0 radical (unpaired) electrons. The van der Waals surface area contributed by atoms with Crippen molar-refractivity contribution in [2.75, 3.05) is 56.0 Å². The van der Waals surface area contributed by atoms with E-state index in [0.29, 0.717) is 48.5 Å². The molecule has 9 nitrogen and oxygen atoms in total. The van der Waals surface area contributed by atoms with Gasteiger partial charge in [0.05, 0.1) is 17.6 Å². The number of carbonyl (C=O) groups excluding carboxylic acids is 2. The van der Waals surface area contributed by atoms with Crippen molar-refractivity contribution >= 4 is 40.2 Å². The van der Waals surface area contributed by atoms with Gasteiger partial charge in [0.15, 0.2) is 0 Å². The molecule has 2 saturated heterocycles. The van der Waals surface area contributed by atoms with Gasteiger partial charge < -0.3 is 20.2 Å². The van der Waals surface area contributed by atoms with Gasteiger partial charge in [0.1, 0.15) is 5.82 Å². The SMILES string of the molecule is CCCC(=O)Nc1ccc2nc(N3CCN(CC(=O)N4CCCCC4)CC3)cc(C(=O)O)c2c1. The largest absolute Gasteiger partial charge is 0.478 e. The van der Waals surface area contributed by atoms with Crippen LogP contribution in [0.3, 0.4) is 0 Å². The van der Waals surface area contributed by atoms with E-state index >= 15 is 0 Å². The molecular formula is C25H33N5O4. The van der Waals surface area contributed by atoms with Crippen LogP contribution in [0.4, 0.5) is 11.5 Å². The zero-order chi connectivity index (χ0) is 24.1. The number of piperazine rings is 1. The number of nitrogens with one attached hydrogen (secondary N) is 1. The maximum absolute atomic E-state index is 12.6. The minimum Gasteiger partial charge on any atom is -0.478 e. The van der Waals surface area contributed by atoms with Gasteiger partial charge in [-0.3, -0.25) is 14.5 Å². The van der Waals surface area contributed by atoms with Crippen LogP contribution in [0.2, 0.25) is 0 Å². The van der Waals surface area contributed by atoms with Crippen LogP contribution in [0.15, 0.2) is 24.3 Å². The molecule has 2 amide bonds. The van der Waals surface area contributed by atoms with Crippen molar-refractivity contribution in [3.63, 3.8) is 0 Å². The summed E-state index contributed by atoms with van der Waals surface area (Å²) < 4.78 is 0. The van der Waals surface area contributed by atoms with E-state index in [2.05, 4.69) is 15.1 Å². The monoisotopic (exact) mass is 467 g/mol. The standard InChI is InChI=1S/C25H33N5O4/c1-2-6-23(31)26-18-7-8-21-19(15-18)20(25(33)34)16-22(27-21)29-13-11-28(12-14-29)17-24(32)30-9-4-3-5-10-30/h7-8,15-16H,2-6,9-14,17H2,1H3,(H,26,31)(H,33,34). The number of aromatic nitrogens is 1. The lowest BCUT2D eigenvalue weighted by Crippen LogP contribution is -2.51. The second kappa shape index (κ2) is 10.8. The maximum atomic E-state index is 12.6. The van der Waals surface area contributed by atoms with Crippen LogP contribution in [-0.4, -0.2) is 83.5 Å². The van der Waals surface area contributed by atoms with Crippen LogP contribution in [0.1, 0.15) is 49.4 Å². The topological polar surface area (TPSA) is 106 Å². The van der Waals surface area contributed by atoms with Crippen LogP contribution in [0.25, 0.3) is 10.9 Å². The van der Waals surface area contributed by atoms with Gasteiger partial charge in [-0.1, -0.05) is 6.92 Å². The van der Waals surface area contributed by atoms with Crippen molar-refractivity contribution in [1.29, 1.82) is 0 Å². The van der Waals surface area contributed by atoms with Gasteiger partial charge in [0.2, 0.25) is 11.8 Å². The predicted octanol–water partition coefficient (Wildman–Crippen LogP) is 2.81. The molecule has 1 aromatic heterocycles. The van der Waals surface area contributed by atoms with Crippen molar-refractivity contribution < 1.29 is 19.5 Å². The highest BCUT2D eigenvalue weighted by atomic mass is 16.4. The molecule has 0 unspecified atom stereocenters. The Hall–Kier alpha value is -3.20. The number of anilines is 2. The highest BCUT2D eigenvalue weighted by Gasteiger charge is 2.24. The van der Waals surface area contributed by atoms with E-state index in [1.165, 1.54) is 6.42 Å². The summed E-state index contributed by atoms with van der Waals surface area (Å²) in [6.45, 7) is 6.90. The van der Waals surface area contributed by atoms with Gasteiger partial charge in [-0.2, -0.15) is 0 Å². The number of carbonyl (C=O) groups is 3. The van der Waals surface area contributed by atoms with Crippen LogP contribution >= 0.6 is 0 Å². The fourth-order valence-corrected chi connectivity index (χ4v) is 4.65. The third kappa shape index (κ3) is 5.64. The molecule has 0 bridgehead atoms. The van der Waals surface area contributed by atoms with Crippen molar-refractivity contribution in [2.24, 2.45) is 0 Å². The Bertz CT molecular complexity index is 1060. The van der Waals surface area contributed by atoms with Crippen LogP contribution in [-0.2, 0) is 9.59 Å². The van der Waals surface area contributed by atoms with Crippen LogP contribution in [0.5, 0.6) is 0 Å². The highest BCUT2D eigenvalue weighted by molar-refractivity contribution is 6.05. The summed E-state index contributed by atoms with van der Waals surface area (Å²) in [6.07, 6.45) is 4.53. The first-order valence-electron chi connectivity index (χ1n) is 12.2. The zero-order valence-corrected chi connectivity index (χ0v) is 19.8. The van der Waals surface area contributed by atoms with E-state index < -0.39 is 5.97 Å². The third-order valence-electron chi connectivity index (χ3n) is 6.55. The van der Waals surface area contributed by atoms with E-state index in [0.717, 1.165) is 45.4 Å². The van der Waals surface area contributed by atoms with Gasteiger partial charge in [-0.25, -0.2) is 9.78 Å². The first-order chi connectivity index (χ1) is 16.4. The summed E-state index contributed by atoms with van der Waals surface area (Å²) in [6, 6.07) is 6.78. The second-order valence-corrected chi connectivity index (χ2v) is 9.07. The molecule has 2 aliphatic heterocycles. The molecule has 0 spiro atoms. The lowest BCUT2D eigenvalue weighted by Gasteiger charge is -2.36. The van der Waals surface area contributed by atoms with E-state index in [9.17, 15) is 19.5 Å². The maximum Gasteiger partial charge on any atom is 0.336 e. The molecule has 2 fully saturated rings. The smallest absolute Gasteiger partial charge is 0.336 e. The number of carboxylic acid groups (broad SMARTS) is 1. The van der Waals surface area contributed by atoms with Crippen LogP contribution in [0, 0.1) is 0 Å². The van der Waals surface area contributed by atoms with Crippen molar-refractivity contribution in [3.8, 4) is 0 Å². The Morgan fingerprint density at radius 3 is 2.41 bits per heavy atom. The number of amides is 2. The number of rotatable bonds is 7. The molecule has 182 valence electrons. The first kappa shape index (κ1) is 23.9. The zero-order valence-electron chi connectivity index (χ0n) is 19.8. The highest BCUT2D eigenvalue weighted by Crippen LogP contribution is 2.27. The molecule has 9 heteroatoms. The van der Waals surface area contributed by atoms with Crippen molar-refractivity contribution in [3.05, 3.63) is 29.8 Å². The van der Waals surface area contributed by atoms with Gasteiger partial charge >= 0.3 is 5.97 Å². The van der Waals surface area contributed by atoms with E-state index in [4.69, 9.17) is 4.98 Å². The summed E-state index contributed by atoms with van der Waals surface area (Å²) in [5.74, 6) is -0.307. The van der Waals surface area contributed by atoms with Gasteiger partial charge in [-0.15, -0.1) is 0 Å². The number of aromatic carboxylic acids is 1. The normalized spacial score (nSPS) is 17.1. The molecular weight excluding hydrogens is 434 g/mol. The van der Waals surface area contributed by atoms with Gasteiger partial charge in [0.25, 0.3) is 0 Å². The fourth-order valence-electron chi connectivity index (χ4n) is 4.65. The Morgan fingerprint density at radius 1 is 1.00 bits per heavy atom. The lowest BCUT2D eigenvalue weighted by atomic mass is 10.1. The molecule has 0 saturated carbocycles. The number of likely N-dealkylation sites (tertiary alicyclic amines) is 1. The van der Waals surface area contributed by atoms with E-state index in [1.54, 1.807) is 24.3 Å². The van der Waals surface area contributed by atoms with E-state index in [1.807, 2.05) is 11.8 Å². The summed E-state index contributed by atoms with van der Waals surface area (Å²) in [7, 11) is 0. The molecule has 1 aromatic carbocycles. The minimum atomic E-state index is -1.03. The van der Waals surface area contributed by atoms with Crippen molar-refractivity contribution in [1.82, 2.24) is 14.8 Å². The molecule has 0 atom stereocenters. The molecule has 3 heterocycles. The summed E-state index contributed by atoms with van der Waals surface area (Å²) in [5, 5.41) is 13.2. The Morgan fingerprint density at radius 2 is 1.74 bits per heavy atom. The lowest BCUT2D eigenvalue weighted by molar-refractivity contribution is -0.133. The molecule has 0 aliphatic carbocycles. The Labute approximate surface area is 199 Å². The number of hydrogen-bond acceptors (Lipinski definition) is 6. The number of hydrogen-bond donors (Lipinski definition) is 2. The average Bonchev–Trinajstić information content (AvgIpc) is 2.84. The number of fused-ring (bicyclic) bond motifs is 1. The summed E-state index contributed by atoms with van der Waals surface area (Å²) in [4.78, 5) is 47.5. The molecule has 2 aromatic rings. The Kier molecular flexibility index (Phi) is 7.62. The number of nitrogens with zero attached hydrogens (tertiary/aromatic N) is 4. The quantitative estimate of drug-likeness (QED) is 0.645. The van der Waals surface area contributed by atoms with Gasteiger partial charge in [0, 0.05) is 56.8 Å². The summed E-state index contributed by atoms with van der Waals surface area (Å²) in [5.41, 5.74) is 1.30. The Balaban J connectivity index is 1.45. The number of pyridine rings is 1. The third-order valence-corrected chi connectivity index (χ3v) is 6.55. The molecule has 2 aliphatic rings. The van der Waals surface area contributed by atoms with Gasteiger partial charge in [-0.05, 0) is 49.9 Å². The van der Waals surface area contributed by atoms with E-state index in [-0.39, 0.29) is 17.4 Å². The molecule has 34 heavy (non-hydrogen) atoms.